The maximum Gasteiger partial charge on any atom is 0.233 e. The summed E-state index contributed by atoms with van der Waals surface area (Å²) < 4.78 is 24.3. The van der Waals surface area contributed by atoms with Gasteiger partial charge in [-0.2, -0.15) is 0 Å². The van der Waals surface area contributed by atoms with Crippen LogP contribution in [0.3, 0.4) is 0 Å². The molecule has 0 N–H and O–H groups in total. The van der Waals surface area contributed by atoms with Crippen molar-refractivity contribution in [1.29, 1.82) is 0 Å². The minimum absolute atomic E-state index is 0.141. The SMILES string of the molecule is Cc1cc(Br)ccc1SCC(=O)N1CCN(C2CCS(=O)(=O)C2)CC1. The molecule has 5 nitrogen and oxygen atoms in total. The lowest BCUT2D eigenvalue weighted by molar-refractivity contribution is -0.130. The van der Waals surface area contributed by atoms with Crippen molar-refractivity contribution in [2.45, 2.75) is 24.3 Å². The standard InChI is InChI=1S/C17H23BrN2O3S2/c1-13-10-14(18)2-3-16(13)24-11-17(21)20-7-5-19(6-8-20)15-4-9-25(22,23)12-15/h2-3,10,15H,4-9,11-12H2,1H3. The number of halogens is 1. The van der Waals surface area contributed by atoms with Crippen molar-refractivity contribution in [1.82, 2.24) is 9.80 Å². The topological polar surface area (TPSA) is 57.7 Å². The molecule has 1 aromatic rings. The van der Waals surface area contributed by atoms with Gasteiger partial charge >= 0.3 is 0 Å². The molecular formula is C17H23BrN2O3S2. The average molecular weight is 447 g/mol. The van der Waals surface area contributed by atoms with Gasteiger partial charge in [-0.15, -0.1) is 11.8 Å². The first-order valence-electron chi connectivity index (χ1n) is 8.45. The van der Waals surface area contributed by atoms with Crippen molar-refractivity contribution in [2.24, 2.45) is 0 Å². The van der Waals surface area contributed by atoms with E-state index in [1.165, 1.54) is 5.56 Å². The predicted octanol–water partition coefficient (Wildman–Crippen LogP) is 2.18. The van der Waals surface area contributed by atoms with Gasteiger partial charge in [0, 0.05) is 41.6 Å². The van der Waals surface area contributed by atoms with E-state index < -0.39 is 9.84 Å². The first-order chi connectivity index (χ1) is 11.8. The van der Waals surface area contributed by atoms with Crippen LogP contribution in [0.4, 0.5) is 0 Å². The molecule has 0 radical (unpaired) electrons. The van der Waals surface area contributed by atoms with Crippen LogP contribution in [0.1, 0.15) is 12.0 Å². The zero-order valence-electron chi connectivity index (χ0n) is 14.3. The van der Waals surface area contributed by atoms with Crippen molar-refractivity contribution in [2.75, 3.05) is 43.4 Å². The van der Waals surface area contributed by atoms with E-state index in [9.17, 15) is 13.2 Å². The fourth-order valence-corrected chi connectivity index (χ4v) is 6.55. The zero-order valence-corrected chi connectivity index (χ0v) is 17.5. The summed E-state index contributed by atoms with van der Waals surface area (Å²) in [6, 6.07) is 6.23. The largest absolute Gasteiger partial charge is 0.339 e. The number of hydrogen-bond acceptors (Lipinski definition) is 5. The second-order valence-electron chi connectivity index (χ2n) is 6.67. The van der Waals surface area contributed by atoms with Crippen LogP contribution in [0.25, 0.3) is 0 Å². The molecule has 1 aromatic carbocycles. The second kappa shape index (κ2) is 7.98. The quantitative estimate of drug-likeness (QED) is 0.663. The van der Waals surface area contributed by atoms with Gasteiger partial charge in [-0.05, 0) is 37.1 Å². The Morgan fingerprint density at radius 2 is 2.00 bits per heavy atom. The predicted molar refractivity (Wildman–Crippen MR) is 105 cm³/mol. The smallest absolute Gasteiger partial charge is 0.233 e. The molecule has 0 aliphatic carbocycles. The van der Waals surface area contributed by atoms with Gasteiger partial charge in [0.2, 0.25) is 5.91 Å². The normalized spacial score (nSPS) is 23.8. The van der Waals surface area contributed by atoms with Crippen LogP contribution in [-0.2, 0) is 14.6 Å². The Hall–Kier alpha value is -0.570. The number of carbonyl (C=O) groups is 1. The van der Waals surface area contributed by atoms with Gasteiger partial charge < -0.3 is 4.90 Å². The number of carbonyl (C=O) groups excluding carboxylic acids is 1. The highest BCUT2D eigenvalue weighted by Crippen LogP contribution is 2.26. The third-order valence-corrected chi connectivity index (χ3v) is 8.28. The number of amides is 1. The molecule has 25 heavy (non-hydrogen) atoms. The summed E-state index contributed by atoms with van der Waals surface area (Å²) in [5, 5.41) is 0. The van der Waals surface area contributed by atoms with Crippen LogP contribution in [0.5, 0.6) is 0 Å². The molecule has 2 aliphatic rings. The number of rotatable bonds is 4. The molecule has 2 fully saturated rings. The van der Waals surface area contributed by atoms with E-state index in [1.807, 2.05) is 24.0 Å². The fraction of sp³-hybridized carbons (Fsp3) is 0.588. The lowest BCUT2D eigenvalue weighted by Gasteiger charge is -2.37. The molecule has 2 aliphatic heterocycles. The van der Waals surface area contributed by atoms with Gasteiger partial charge in [-0.1, -0.05) is 15.9 Å². The Morgan fingerprint density at radius 1 is 1.28 bits per heavy atom. The van der Waals surface area contributed by atoms with E-state index in [-0.39, 0.29) is 17.7 Å². The third kappa shape index (κ3) is 4.99. The summed E-state index contributed by atoms with van der Waals surface area (Å²) in [7, 11) is -2.85. The highest BCUT2D eigenvalue weighted by Gasteiger charge is 2.34. The number of aryl methyl sites for hydroxylation is 1. The Kier molecular flexibility index (Phi) is 6.13. The summed E-state index contributed by atoms with van der Waals surface area (Å²) in [6.07, 6.45) is 0.731. The molecule has 2 saturated heterocycles. The molecule has 138 valence electrons. The summed E-state index contributed by atoms with van der Waals surface area (Å²) in [5.41, 5.74) is 1.17. The molecule has 0 aromatic heterocycles. The number of nitrogens with zero attached hydrogens (tertiary/aromatic N) is 2. The lowest BCUT2D eigenvalue weighted by atomic mass is 10.2. The zero-order chi connectivity index (χ0) is 18.0. The maximum absolute atomic E-state index is 12.5. The Labute approximate surface area is 162 Å². The highest BCUT2D eigenvalue weighted by molar-refractivity contribution is 9.10. The molecule has 0 saturated carbocycles. The minimum atomic E-state index is -2.85. The Morgan fingerprint density at radius 3 is 2.60 bits per heavy atom. The van der Waals surface area contributed by atoms with Crippen molar-refractivity contribution in [3.63, 3.8) is 0 Å². The first-order valence-corrected chi connectivity index (χ1v) is 12.1. The highest BCUT2D eigenvalue weighted by atomic mass is 79.9. The number of hydrogen-bond donors (Lipinski definition) is 0. The molecule has 3 rings (SSSR count). The van der Waals surface area contributed by atoms with Crippen LogP contribution < -0.4 is 0 Å². The molecule has 1 amide bonds. The van der Waals surface area contributed by atoms with Gasteiger partial charge in [-0.3, -0.25) is 9.69 Å². The fourth-order valence-electron chi connectivity index (χ4n) is 3.41. The second-order valence-corrected chi connectivity index (χ2v) is 10.8. The summed E-state index contributed by atoms with van der Waals surface area (Å²) in [5.74, 6) is 1.19. The van der Waals surface area contributed by atoms with Gasteiger partial charge in [-0.25, -0.2) is 8.42 Å². The average Bonchev–Trinajstić information content (AvgIpc) is 2.94. The number of benzene rings is 1. The number of piperazine rings is 1. The monoisotopic (exact) mass is 446 g/mol. The minimum Gasteiger partial charge on any atom is -0.339 e. The lowest BCUT2D eigenvalue weighted by Crippen LogP contribution is -2.52. The van der Waals surface area contributed by atoms with Crippen LogP contribution in [0.2, 0.25) is 0 Å². The van der Waals surface area contributed by atoms with Crippen molar-refractivity contribution in [3.8, 4) is 0 Å². The van der Waals surface area contributed by atoms with Crippen molar-refractivity contribution in [3.05, 3.63) is 28.2 Å². The van der Waals surface area contributed by atoms with Crippen molar-refractivity contribution < 1.29 is 13.2 Å². The molecule has 1 atom stereocenters. The Bertz CT molecular complexity index is 746. The number of thioether (sulfide) groups is 1. The first kappa shape index (κ1) is 19.2. The summed E-state index contributed by atoms with van der Waals surface area (Å²) in [4.78, 5) is 17.7. The number of sulfone groups is 1. The molecule has 0 bridgehead atoms. The van der Waals surface area contributed by atoms with Crippen LogP contribution in [0.15, 0.2) is 27.6 Å². The molecule has 2 heterocycles. The summed E-state index contributed by atoms with van der Waals surface area (Å²) >= 11 is 5.03. The van der Waals surface area contributed by atoms with E-state index in [4.69, 9.17) is 0 Å². The van der Waals surface area contributed by atoms with E-state index in [2.05, 4.69) is 26.9 Å². The van der Waals surface area contributed by atoms with Crippen molar-refractivity contribution >= 4 is 43.4 Å². The molecule has 1 unspecified atom stereocenters. The third-order valence-electron chi connectivity index (χ3n) is 4.88. The summed E-state index contributed by atoms with van der Waals surface area (Å²) in [6.45, 7) is 4.97. The van der Waals surface area contributed by atoms with Gasteiger partial charge in [0.15, 0.2) is 9.84 Å². The molecular weight excluding hydrogens is 424 g/mol. The van der Waals surface area contributed by atoms with E-state index in [0.29, 0.717) is 24.6 Å². The van der Waals surface area contributed by atoms with Crippen LogP contribution in [-0.4, -0.2) is 73.6 Å². The Balaban J connectivity index is 1.47. The maximum atomic E-state index is 12.5. The van der Waals surface area contributed by atoms with Crippen LogP contribution in [0, 0.1) is 6.92 Å². The van der Waals surface area contributed by atoms with Gasteiger partial charge in [0.05, 0.1) is 17.3 Å². The molecule has 0 spiro atoms. The van der Waals surface area contributed by atoms with E-state index in [0.717, 1.165) is 28.9 Å². The van der Waals surface area contributed by atoms with Gasteiger partial charge in [0.1, 0.15) is 0 Å². The molecule has 8 heteroatoms. The van der Waals surface area contributed by atoms with Gasteiger partial charge in [0.25, 0.3) is 0 Å². The van der Waals surface area contributed by atoms with E-state index in [1.54, 1.807) is 11.8 Å². The van der Waals surface area contributed by atoms with E-state index >= 15 is 0 Å². The van der Waals surface area contributed by atoms with Crippen LogP contribution >= 0.6 is 27.7 Å².